The minimum absolute atomic E-state index is 0.162. The van der Waals surface area contributed by atoms with Crippen molar-refractivity contribution >= 4 is 23.1 Å². The monoisotopic (exact) mass is 275 g/mol. The minimum atomic E-state index is -1.32. The van der Waals surface area contributed by atoms with Crippen LogP contribution < -0.4 is 10.9 Å². The molecular formula is C10H5ClF3N3O. The zero-order valence-corrected chi connectivity index (χ0v) is 9.36. The highest BCUT2D eigenvalue weighted by Crippen LogP contribution is 2.23. The summed E-state index contributed by atoms with van der Waals surface area (Å²) in [4.78, 5) is 17.0. The molecule has 0 fully saturated rings. The second kappa shape index (κ2) is 4.69. The summed E-state index contributed by atoms with van der Waals surface area (Å²) >= 11 is 5.61. The van der Waals surface area contributed by atoms with Crippen LogP contribution >= 0.6 is 11.6 Å². The van der Waals surface area contributed by atoms with E-state index in [1.54, 1.807) is 0 Å². The summed E-state index contributed by atoms with van der Waals surface area (Å²) in [6, 6.07) is 0.975. The van der Waals surface area contributed by atoms with Crippen molar-refractivity contribution in [2.24, 2.45) is 0 Å². The smallest absolute Gasteiger partial charge is 0.271 e. The van der Waals surface area contributed by atoms with E-state index in [9.17, 15) is 18.0 Å². The number of nitrogens with zero attached hydrogens (tertiary/aromatic N) is 1. The Morgan fingerprint density at radius 3 is 2.56 bits per heavy atom. The average molecular weight is 276 g/mol. The van der Waals surface area contributed by atoms with Gasteiger partial charge < -0.3 is 10.3 Å². The maximum absolute atomic E-state index is 13.3. The third kappa shape index (κ3) is 2.30. The Morgan fingerprint density at radius 2 is 1.83 bits per heavy atom. The number of hydrogen-bond donors (Lipinski definition) is 2. The highest BCUT2D eigenvalue weighted by Gasteiger charge is 2.12. The molecule has 0 saturated carbocycles. The standard InChI is InChI=1S/C10H5ClF3N3O/c11-8-9(15-3-16-10(8)18)17-7-2-5(13)4(12)1-6(7)14/h1-3H,(H2,15,16,17,18). The van der Waals surface area contributed by atoms with Gasteiger partial charge in [-0.2, -0.15) is 0 Å². The molecule has 0 aliphatic rings. The fourth-order valence-electron chi connectivity index (χ4n) is 1.22. The van der Waals surface area contributed by atoms with Gasteiger partial charge in [0.1, 0.15) is 10.8 Å². The molecule has 18 heavy (non-hydrogen) atoms. The molecule has 0 amide bonds. The van der Waals surface area contributed by atoms with Crippen molar-refractivity contribution in [2.75, 3.05) is 5.32 Å². The van der Waals surface area contributed by atoms with Gasteiger partial charge in [-0.15, -0.1) is 0 Å². The molecule has 4 nitrogen and oxygen atoms in total. The zero-order valence-electron chi connectivity index (χ0n) is 8.60. The van der Waals surface area contributed by atoms with Crippen LogP contribution in [-0.2, 0) is 0 Å². The highest BCUT2D eigenvalue weighted by molar-refractivity contribution is 6.32. The minimum Gasteiger partial charge on any atom is -0.336 e. The normalized spacial score (nSPS) is 10.4. The van der Waals surface area contributed by atoms with Gasteiger partial charge >= 0.3 is 0 Å². The van der Waals surface area contributed by atoms with Gasteiger partial charge in [0.2, 0.25) is 0 Å². The van der Waals surface area contributed by atoms with E-state index in [4.69, 9.17) is 11.6 Å². The van der Waals surface area contributed by atoms with Crippen molar-refractivity contribution in [1.29, 1.82) is 0 Å². The van der Waals surface area contributed by atoms with Crippen LogP contribution in [0, 0.1) is 17.5 Å². The molecule has 2 rings (SSSR count). The number of anilines is 2. The van der Waals surface area contributed by atoms with Crippen molar-refractivity contribution in [3.8, 4) is 0 Å². The molecule has 0 aliphatic carbocycles. The topological polar surface area (TPSA) is 57.8 Å². The van der Waals surface area contributed by atoms with Crippen molar-refractivity contribution in [3.63, 3.8) is 0 Å². The van der Waals surface area contributed by atoms with Gasteiger partial charge in [-0.1, -0.05) is 11.6 Å². The van der Waals surface area contributed by atoms with Gasteiger partial charge in [-0.05, 0) is 0 Å². The molecule has 0 spiro atoms. The summed E-state index contributed by atoms with van der Waals surface area (Å²) in [5, 5.41) is 1.99. The Bertz CT molecular complexity index is 659. The molecule has 2 N–H and O–H groups in total. The Hall–Kier alpha value is -2.02. The molecule has 0 saturated heterocycles. The van der Waals surface area contributed by atoms with Gasteiger partial charge in [0.05, 0.1) is 12.0 Å². The zero-order chi connectivity index (χ0) is 13.3. The molecule has 1 aromatic heterocycles. The van der Waals surface area contributed by atoms with Crippen LogP contribution in [0.1, 0.15) is 0 Å². The first kappa shape index (κ1) is 12.4. The van der Waals surface area contributed by atoms with Gasteiger partial charge in [-0.25, -0.2) is 18.2 Å². The van der Waals surface area contributed by atoms with Crippen LogP contribution in [0.5, 0.6) is 0 Å². The lowest BCUT2D eigenvalue weighted by atomic mass is 10.3. The Balaban J connectivity index is 2.43. The van der Waals surface area contributed by atoms with Crippen LogP contribution in [0.2, 0.25) is 5.02 Å². The summed E-state index contributed by atoms with van der Waals surface area (Å²) in [5.41, 5.74) is -1.02. The number of nitrogens with one attached hydrogen (secondary N) is 2. The molecule has 0 radical (unpaired) electrons. The highest BCUT2D eigenvalue weighted by atomic mass is 35.5. The maximum atomic E-state index is 13.3. The number of benzene rings is 1. The summed E-state index contributed by atoms with van der Waals surface area (Å²) in [6.45, 7) is 0. The molecule has 8 heteroatoms. The number of halogens is 4. The van der Waals surface area contributed by atoms with Crippen molar-refractivity contribution in [1.82, 2.24) is 9.97 Å². The average Bonchev–Trinajstić information content (AvgIpc) is 2.32. The third-order valence-corrected chi connectivity index (χ3v) is 2.41. The molecule has 94 valence electrons. The lowest BCUT2D eigenvalue weighted by Crippen LogP contribution is -2.10. The van der Waals surface area contributed by atoms with Crippen LogP contribution in [0.4, 0.5) is 24.7 Å². The molecule has 1 heterocycles. The summed E-state index contributed by atoms with van der Waals surface area (Å²) in [7, 11) is 0. The first-order valence-corrected chi connectivity index (χ1v) is 5.01. The lowest BCUT2D eigenvalue weighted by Gasteiger charge is -2.07. The SMILES string of the molecule is O=c1[nH]cnc(Nc2cc(F)c(F)cc2F)c1Cl. The second-order valence-electron chi connectivity index (χ2n) is 3.27. The molecule has 2 aromatic rings. The molecular weight excluding hydrogens is 271 g/mol. The van der Waals surface area contributed by atoms with E-state index in [2.05, 4.69) is 15.3 Å². The van der Waals surface area contributed by atoms with Crippen LogP contribution in [-0.4, -0.2) is 9.97 Å². The summed E-state index contributed by atoms with van der Waals surface area (Å²) in [6.07, 6.45) is 1.04. The van der Waals surface area contributed by atoms with E-state index in [0.717, 1.165) is 6.33 Å². The first-order chi connectivity index (χ1) is 8.49. The van der Waals surface area contributed by atoms with E-state index >= 15 is 0 Å². The van der Waals surface area contributed by atoms with Crippen molar-refractivity contribution in [2.45, 2.75) is 0 Å². The fraction of sp³-hybridized carbons (Fsp3) is 0. The number of aromatic nitrogens is 2. The number of aromatic amines is 1. The predicted octanol–water partition coefficient (Wildman–Crippen LogP) is 2.58. The van der Waals surface area contributed by atoms with Crippen LogP contribution in [0.3, 0.4) is 0 Å². The van der Waals surface area contributed by atoms with Gasteiger partial charge in [0, 0.05) is 12.1 Å². The second-order valence-corrected chi connectivity index (χ2v) is 3.64. The molecule has 1 aromatic carbocycles. The first-order valence-electron chi connectivity index (χ1n) is 4.64. The lowest BCUT2D eigenvalue weighted by molar-refractivity contribution is 0.496. The maximum Gasteiger partial charge on any atom is 0.271 e. The van der Waals surface area contributed by atoms with E-state index in [1.165, 1.54) is 0 Å². The molecule has 0 atom stereocenters. The van der Waals surface area contributed by atoms with E-state index in [0.29, 0.717) is 12.1 Å². The van der Waals surface area contributed by atoms with Gasteiger partial charge in [0.25, 0.3) is 5.56 Å². The quantitative estimate of drug-likeness (QED) is 0.828. The van der Waals surface area contributed by atoms with E-state index < -0.39 is 23.0 Å². The van der Waals surface area contributed by atoms with Gasteiger partial charge in [0.15, 0.2) is 17.5 Å². The van der Waals surface area contributed by atoms with Gasteiger partial charge in [-0.3, -0.25) is 4.79 Å². The molecule has 0 aliphatic heterocycles. The fourth-order valence-corrected chi connectivity index (χ4v) is 1.37. The summed E-state index contributed by atoms with van der Waals surface area (Å²) < 4.78 is 39.0. The number of hydrogen-bond acceptors (Lipinski definition) is 3. The van der Waals surface area contributed by atoms with Crippen molar-refractivity contribution in [3.05, 3.63) is 51.3 Å². The number of H-pyrrole nitrogens is 1. The Labute approximate surface area is 103 Å². The number of rotatable bonds is 2. The largest absolute Gasteiger partial charge is 0.336 e. The van der Waals surface area contributed by atoms with Crippen molar-refractivity contribution < 1.29 is 13.2 Å². The third-order valence-electron chi connectivity index (χ3n) is 2.06. The van der Waals surface area contributed by atoms with E-state index in [-0.39, 0.29) is 16.5 Å². The van der Waals surface area contributed by atoms with E-state index in [1.807, 2.05) is 0 Å². The van der Waals surface area contributed by atoms with Crippen LogP contribution in [0.15, 0.2) is 23.3 Å². The Morgan fingerprint density at radius 1 is 1.17 bits per heavy atom. The van der Waals surface area contributed by atoms with Crippen LogP contribution in [0.25, 0.3) is 0 Å². The predicted molar refractivity (Wildman–Crippen MR) is 59.5 cm³/mol. The molecule has 0 unspecified atom stereocenters. The Kier molecular flexibility index (Phi) is 3.24. The molecule has 0 bridgehead atoms. The summed E-state index contributed by atoms with van der Waals surface area (Å²) in [5.74, 6) is -3.75.